The molecule has 0 saturated carbocycles. The van der Waals surface area contributed by atoms with Crippen molar-refractivity contribution < 1.29 is 8.78 Å². The van der Waals surface area contributed by atoms with Gasteiger partial charge in [-0.05, 0) is 24.7 Å². The first-order chi connectivity index (χ1) is 9.62. The molecule has 0 aliphatic carbocycles. The Morgan fingerprint density at radius 1 is 1.05 bits per heavy atom. The van der Waals surface area contributed by atoms with Gasteiger partial charge in [0.15, 0.2) is 0 Å². The fourth-order valence-corrected chi connectivity index (χ4v) is 2.81. The second-order valence-electron chi connectivity index (χ2n) is 4.54. The van der Waals surface area contributed by atoms with Gasteiger partial charge < -0.3 is 5.32 Å². The van der Waals surface area contributed by atoms with Crippen LogP contribution in [0.3, 0.4) is 0 Å². The van der Waals surface area contributed by atoms with Gasteiger partial charge in [-0.1, -0.05) is 42.5 Å². The number of thioether (sulfide) groups is 1. The lowest BCUT2D eigenvalue weighted by Crippen LogP contribution is -2.16. The van der Waals surface area contributed by atoms with Gasteiger partial charge in [-0.2, -0.15) is 0 Å². The van der Waals surface area contributed by atoms with Crippen LogP contribution < -0.4 is 5.32 Å². The SMILES string of the molecule is CNCc1cccc(SCC(F)(F)c2ccccc2)c1. The molecule has 0 aliphatic rings. The Labute approximate surface area is 122 Å². The molecule has 1 N–H and O–H groups in total. The van der Waals surface area contributed by atoms with Crippen molar-refractivity contribution in [2.24, 2.45) is 0 Å². The maximum Gasteiger partial charge on any atom is 0.282 e. The van der Waals surface area contributed by atoms with E-state index >= 15 is 0 Å². The molecule has 0 radical (unpaired) electrons. The molecule has 2 rings (SSSR count). The molecule has 0 aromatic heterocycles. The summed E-state index contributed by atoms with van der Waals surface area (Å²) in [5.74, 6) is -3.06. The molecule has 0 bridgehead atoms. The van der Waals surface area contributed by atoms with Crippen LogP contribution in [0.1, 0.15) is 11.1 Å². The van der Waals surface area contributed by atoms with Gasteiger partial charge in [-0.15, -0.1) is 11.8 Å². The van der Waals surface area contributed by atoms with Crippen LogP contribution in [0.2, 0.25) is 0 Å². The van der Waals surface area contributed by atoms with Gasteiger partial charge in [0.2, 0.25) is 0 Å². The van der Waals surface area contributed by atoms with Crippen LogP contribution in [0.15, 0.2) is 59.5 Å². The number of hydrogen-bond donors (Lipinski definition) is 1. The van der Waals surface area contributed by atoms with Crippen LogP contribution in [-0.2, 0) is 12.5 Å². The monoisotopic (exact) mass is 293 g/mol. The summed E-state index contributed by atoms with van der Waals surface area (Å²) >= 11 is 1.18. The normalized spacial score (nSPS) is 11.6. The smallest absolute Gasteiger partial charge is 0.282 e. The van der Waals surface area contributed by atoms with E-state index in [-0.39, 0.29) is 11.3 Å². The first-order valence-corrected chi connectivity index (χ1v) is 7.40. The number of nitrogens with one attached hydrogen (secondary N) is 1. The van der Waals surface area contributed by atoms with Crippen molar-refractivity contribution in [3.63, 3.8) is 0 Å². The van der Waals surface area contributed by atoms with E-state index in [1.807, 2.05) is 31.3 Å². The molecular formula is C16H17F2NS. The minimum absolute atomic E-state index is 0.0684. The van der Waals surface area contributed by atoms with Gasteiger partial charge >= 0.3 is 0 Å². The number of alkyl halides is 2. The summed E-state index contributed by atoms with van der Waals surface area (Å²) in [5.41, 5.74) is 1.17. The quantitative estimate of drug-likeness (QED) is 0.797. The van der Waals surface area contributed by atoms with E-state index in [0.29, 0.717) is 0 Å². The highest BCUT2D eigenvalue weighted by atomic mass is 32.2. The largest absolute Gasteiger partial charge is 0.316 e. The van der Waals surface area contributed by atoms with E-state index in [2.05, 4.69) is 5.32 Å². The Kier molecular flexibility index (Phi) is 5.15. The van der Waals surface area contributed by atoms with Gasteiger partial charge in [0.1, 0.15) is 0 Å². The number of halogens is 2. The van der Waals surface area contributed by atoms with Crippen LogP contribution in [0.5, 0.6) is 0 Å². The highest BCUT2D eigenvalue weighted by molar-refractivity contribution is 7.99. The lowest BCUT2D eigenvalue weighted by atomic mass is 10.1. The highest BCUT2D eigenvalue weighted by Gasteiger charge is 2.31. The predicted molar refractivity (Wildman–Crippen MR) is 80.3 cm³/mol. The minimum Gasteiger partial charge on any atom is -0.316 e. The van der Waals surface area contributed by atoms with Crippen LogP contribution in [0.25, 0.3) is 0 Å². The zero-order chi connectivity index (χ0) is 14.4. The van der Waals surface area contributed by atoms with E-state index in [1.54, 1.807) is 18.2 Å². The Morgan fingerprint density at radius 2 is 1.80 bits per heavy atom. The summed E-state index contributed by atoms with van der Waals surface area (Å²) in [7, 11) is 1.86. The van der Waals surface area contributed by atoms with Gasteiger partial charge in [0.25, 0.3) is 5.92 Å². The van der Waals surface area contributed by atoms with E-state index in [0.717, 1.165) is 17.0 Å². The van der Waals surface area contributed by atoms with E-state index in [4.69, 9.17) is 0 Å². The van der Waals surface area contributed by atoms with Crippen molar-refractivity contribution in [3.8, 4) is 0 Å². The first kappa shape index (κ1) is 15.0. The fraction of sp³-hybridized carbons (Fsp3) is 0.250. The molecule has 0 aliphatic heterocycles. The summed E-state index contributed by atoms with van der Waals surface area (Å²) in [6.07, 6.45) is 0. The summed E-state index contributed by atoms with van der Waals surface area (Å²) in [6, 6.07) is 15.7. The molecule has 0 amide bonds. The number of rotatable bonds is 6. The molecule has 2 aromatic carbocycles. The van der Waals surface area contributed by atoms with E-state index in [1.165, 1.54) is 23.9 Å². The molecule has 20 heavy (non-hydrogen) atoms. The zero-order valence-corrected chi connectivity index (χ0v) is 12.1. The van der Waals surface area contributed by atoms with Crippen LogP contribution in [-0.4, -0.2) is 12.8 Å². The maximum atomic E-state index is 14.1. The molecule has 0 saturated heterocycles. The Hall–Kier alpha value is -1.39. The van der Waals surface area contributed by atoms with E-state index < -0.39 is 5.92 Å². The van der Waals surface area contributed by atoms with Crippen molar-refractivity contribution >= 4 is 11.8 Å². The molecule has 2 aromatic rings. The lowest BCUT2D eigenvalue weighted by molar-refractivity contribution is 0.0232. The molecule has 106 valence electrons. The van der Waals surface area contributed by atoms with Gasteiger partial charge in [-0.25, -0.2) is 8.78 Å². The Bertz CT molecular complexity index is 543. The Balaban J connectivity index is 2.02. The summed E-state index contributed by atoms with van der Waals surface area (Å²) in [5, 5.41) is 3.05. The minimum atomic E-state index is -2.81. The molecule has 0 spiro atoms. The van der Waals surface area contributed by atoms with Crippen molar-refractivity contribution in [2.45, 2.75) is 17.4 Å². The van der Waals surface area contributed by atoms with Crippen LogP contribution in [0.4, 0.5) is 8.78 Å². The molecule has 1 nitrogen and oxygen atoms in total. The molecule has 4 heteroatoms. The zero-order valence-electron chi connectivity index (χ0n) is 11.3. The molecule has 0 unspecified atom stereocenters. The fourth-order valence-electron chi connectivity index (χ4n) is 1.89. The highest BCUT2D eigenvalue weighted by Crippen LogP contribution is 2.34. The third-order valence-electron chi connectivity index (χ3n) is 2.90. The van der Waals surface area contributed by atoms with Gasteiger partial charge in [0.05, 0.1) is 5.75 Å². The first-order valence-electron chi connectivity index (χ1n) is 6.41. The molecule has 0 fully saturated rings. The van der Waals surface area contributed by atoms with Crippen molar-refractivity contribution in [2.75, 3.05) is 12.8 Å². The third-order valence-corrected chi connectivity index (χ3v) is 3.99. The Morgan fingerprint density at radius 3 is 2.50 bits per heavy atom. The van der Waals surface area contributed by atoms with Crippen LogP contribution >= 0.6 is 11.8 Å². The van der Waals surface area contributed by atoms with Gasteiger partial charge in [-0.3, -0.25) is 0 Å². The predicted octanol–water partition coefficient (Wildman–Crippen LogP) is 4.29. The number of hydrogen-bond acceptors (Lipinski definition) is 2. The molecule has 0 heterocycles. The van der Waals surface area contributed by atoms with Gasteiger partial charge in [0, 0.05) is 17.0 Å². The number of benzene rings is 2. The summed E-state index contributed by atoms with van der Waals surface area (Å²) < 4.78 is 28.1. The third kappa shape index (κ3) is 4.05. The van der Waals surface area contributed by atoms with E-state index in [9.17, 15) is 8.78 Å². The van der Waals surface area contributed by atoms with Crippen molar-refractivity contribution in [1.82, 2.24) is 5.32 Å². The second kappa shape index (κ2) is 6.86. The van der Waals surface area contributed by atoms with Crippen molar-refractivity contribution in [3.05, 3.63) is 65.7 Å². The second-order valence-corrected chi connectivity index (χ2v) is 5.59. The maximum absolute atomic E-state index is 14.1. The summed E-state index contributed by atoms with van der Waals surface area (Å²) in [4.78, 5) is 0.869. The van der Waals surface area contributed by atoms with Crippen LogP contribution in [0, 0.1) is 0 Å². The average Bonchev–Trinajstić information content (AvgIpc) is 2.47. The van der Waals surface area contributed by atoms with Crippen molar-refractivity contribution in [1.29, 1.82) is 0 Å². The summed E-state index contributed by atoms with van der Waals surface area (Å²) in [6.45, 7) is 0.740. The lowest BCUT2D eigenvalue weighted by Gasteiger charge is -2.16. The molecule has 0 atom stereocenters. The standard InChI is InChI=1S/C16H17F2NS/c1-19-11-13-6-5-9-15(10-13)20-12-16(17,18)14-7-3-2-4-8-14/h2-10,19H,11-12H2,1H3. The average molecular weight is 293 g/mol. The molecular weight excluding hydrogens is 276 g/mol. The topological polar surface area (TPSA) is 12.0 Å².